The van der Waals surface area contributed by atoms with E-state index in [9.17, 15) is 9.18 Å². The molecule has 28 heavy (non-hydrogen) atoms. The molecule has 0 radical (unpaired) electrons. The molecule has 0 bridgehead atoms. The maximum absolute atomic E-state index is 13.2. The van der Waals surface area contributed by atoms with Crippen molar-refractivity contribution in [2.75, 3.05) is 13.1 Å². The van der Waals surface area contributed by atoms with Crippen LogP contribution in [0.3, 0.4) is 0 Å². The van der Waals surface area contributed by atoms with Crippen LogP contribution in [0.2, 0.25) is 0 Å². The van der Waals surface area contributed by atoms with Gasteiger partial charge in [-0.1, -0.05) is 30.3 Å². The van der Waals surface area contributed by atoms with Crippen LogP contribution in [0.15, 0.2) is 48.5 Å². The number of rotatable bonds is 7. The van der Waals surface area contributed by atoms with E-state index in [1.807, 2.05) is 24.3 Å². The zero-order valence-electron chi connectivity index (χ0n) is 15.3. The Morgan fingerprint density at radius 3 is 2.54 bits per heavy atom. The Kier molecular flexibility index (Phi) is 9.41. The molecular formula is C20H25Cl2FN4O. The number of halogens is 3. The van der Waals surface area contributed by atoms with Gasteiger partial charge in [-0.2, -0.15) is 0 Å². The molecule has 0 aliphatic carbocycles. The van der Waals surface area contributed by atoms with E-state index in [0.717, 1.165) is 34.9 Å². The van der Waals surface area contributed by atoms with Gasteiger partial charge in [0.1, 0.15) is 11.5 Å². The van der Waals surface area contributed by atoms with Crippen molar-refractivity contribution >= 4 is 41.6 Å². The number of aromatic nitrogens is 1. The second kappa shape index (κ2) is 11.0. The molecule has 152 valence electrons. The molecular weight excluding hydrogens is 402 g/mol. The number of amides is 1. The average molecular weight is 427 g/mol. The number of nitrogens with one attached hydrogen (secondary N) is 2. The van der Waals surface area contributed by atoms with Crippen LogP contribution in [0.5, 0.6) is 0 Å². The van der Waals surface area contributed by atoms with Gasteiger partial charge in [0.2, 0.25) is 0 Å². The molecule has 3 rings (SSSR count). The predicted molar refractivity (Wildman–Crippen MR) is 117 cm³/mol. The second-order valence-corrected chi connectivity index (χ2v) is 6.36. The molecule has 8 heteroatoms. The summed E-state index contributed by atoms with van der Waals surface area (Å²) < 4.78 is 13.2. The third-order valence-corrected chi connectivity index (χ3v) is 4.36. The van der Waals surface area contributed by atoms with Gasteiger partial charge < -0.3 is 21.8 Å². The van der Waals surface area contributed by atoms with Gasteiger partial charge in [0, 0.05) is 23.5 Å². The van der Waals surface area contributed by atoms with Crippen LogP contribution in [-0.4, -0.2) is 30.0 Å². The lowest BCUT2D eigenvalue weighted by Gasteiger charge is -2.11. The number of fused-ring (bicyclic) bond motifs is 1. The Labute approximate surface area is 175 Å². The number of para-hydroxylation sites is 1. The van der Waals surface area contributed by atoms with Crippen molar-refractivity contribution in [1.29, 1.82) is 0 Å². The summed E-state index contributed by atoms with van der Waals surface area (Å²) in [4.78, 5) is 15.6. The van der Waals surface area contributed by atoms with Crippen LogP contribution in [0.25, 0.3) is 22.0 Å². The highest BCUT2D eigenvalue weighted by atomic mass is 35.5. The first-order valence-electron chi connectivity index (χ1n) is 8.70. The monoisotopic (exact) mass is 426 g/mol. The normalized spacial score (nSPS) is 11.4. The fraction of sp³-hybridized carbons (Fsp3) is 0.250. The number of hydrogen-bond acceptors (Lipinski definition) is 3. The Hall–Kier alpha value is -2.12. The smallest absolute Gasteiger partial charge is 0.267 e. The third kappa shape index (κ3) is 5.69. The largest absolute Gasteiger partial charge is 0.350 e. The van der Waals surface area contributed by atoms with E-state index >= 15 is 0 Å². The summed E-state index contributed by atoms with van der Waals surface area (Å²) in [5.74, 6) is -0.479. The van der Waals surface area contributed by atoms with Crippen LogP contribution in [0, 0.1) is 5.82 Å². The fourth-order valence-electron chi connectivity index (χ4n) is 2.95. The van der Waals surface area contributed by atoms with Crippen molar-refractivity contribution in [3.05, 3.63) is 60.0 Å². The quantitative estimate of drug-likeness (QED) is 0.464. The number of benzene rings is 2. The highest BCUT2D eigenvalue weighted by molar-refractivity contribution is 6.02. The molecule has 0 fully saturated rings. The molecule has 0 aliphatic rings. The van der Waals surface area contributed by atoms with Crippen molar-refractivity contribution in [1.82, 2.24) is 10.3 Å². The Balaban J connectivity index is 0.00000196. The maximum atomic E-state index is 13.2. The van der Waals surface area contributed by atoms with E-state index in [1.165, 1.54) is 12.1 Å². The molecule has 0 aliphatic heterocycles. The summed E-state index contributed by atoms with van der Waals surface area (Å²) in [6, 6.07) is 13.8. The van der Waals surface area contributed by atoms with E-state index < -0.39 is 0 Å². The zero-order valence-corrected chi connectivity index (χ0v) is 16.9. The lowest BCUT2D eigenvalue weighted by molar-refractivity contribution is 0.0946. The molecule has 3 aromatic rings. The molecule has 0 saturated heterocycles. The summed E-state index contributed by atoms with van der Waals surface area (Å²) in [7, 11) is 0. The van der Waals surface area contributed by atoms with Gasteiger partial charge in [0.05, 0.1) is 5.52 Å². The van der Waals surface area contributed by atoms with E-state index in [2.05, 4.69) is 10.3 Å². The van der Waals surface area contributed by atoms with Crippen molar-refractivity contribution in [3.63, 3.8) is 0 Å². The summed E-state index contributed by atoms with van der Waals surface area (Å²) in [5, 5.41) is 3.77. The summed E-state index contributed by atoms with van der Waals surface area (Å²) in [6.45, 7) is 0.995. The summed E-state index contributed by atoms with van der Waals surface area (Å²) in [5.41, 5.74) is 14.5. The van der Waals surface area contributed by atoms with Crippen molar-refractivity contribution in [2.45, 2.75) is 18.9 Å². The van der Waals surface area contributed by atoms with Crippen LogP contribution < -0.4 is 16.8 Å². The van der Waals surface area contributed by atoms with Gasteiger partial charge in [0.25, 0.3) is 5.91 Å². The predicted octanol–water partition coefficient (Wildman–Crippen LogP) is 3.61. The lowest BCUT2D eigenvalue weighted by atomic mass is 10.0. The molecule has 0 unspecified atom stereocenters. The lowest BCUT2D eigenvalue weighted by Crippen LogP contribution is -2.37. The molecule has 6 N–H and O–H groups in total. The summed E-state index contributed by atoms with van der Waals surface area (Å²) in [6.07, 6.45) is 1.61. The first kappa shape index (κ1) is 23.9. The third-order valence-electron chi connectivity index (χ3n) is 4.36. The molecule has 5 nitrogen and oxygen atoms in total. The zero-order chi connectivity index (χ0) is 18.5. The first-order chi connectivity index (χ1) is 12.6. The number of hydrogen-bond donors (Lipinski definition) is 4. The van der Waals surface area contributed by atoms with Gasteiger partial charge in [-0.05, 0) is 43.1 Å². The van der Waals surface area contributed by atoms with E-state index in [4.69, 9.17) is 11.5 Å². The standard InChI is InChI=1S/C20H23FN4O.2ClH/c21-15-8-6-13(7-9-15)17-5-1-3-14-11-18(25-19(14)17)20(26)24-12-16(23)4-2-10-22;;/h1,3,5-9,11,16,25H,2,4,10,12,22-23H2,(H,24,26);2*1H/t16-;;/m0../s1. The minimum atomic E-state index is -0.279. The molecule has 0 spiro atoms. The topological polar surface area (TPSA) is 96.9 Å². The second-order valence-electron chi connectivity index (χ2n) is 6.36. The Bertz CT molecular complexity index is 899. The fourth-order valence-corrected chi connectivity index (χ4v) is 2.95. The van der Waals surface area contributed by atoms with Crippen molar-refractivity contribution < 1.29 is 9.18 Å². The molecule has 1 heterocycles. The van der Waals surface area contributed by atoms with Gasteiger partial charge in [-0.15, -0.1) is 24.8 Å². The highest BCUT2D eigenvalue weighted by Gasteiger charge is 2.13. The molecule has 2 aromatic carbocycles. The van der Waals surface area contributed by atoms with E-state index in [0.29, 0.717) is 18.8 Å². The number of carbonyl (C=O) groups is 1. The van der Waals surface area contributed by atoms with Crippen LogP contribution in [0.4, 0.5) is 4.39 Å². The van der Waals surface area contributed by atoms with Gasteiger partial charge in [-0.25, -0.2) is 4.39 Å². The van der Waals surface area contributed by atoms with E-state index in [-0.39, 0.29) is 42.6 Å². The Morgan fingerprint density at radius 2 is 1.86 bits per heavy atom. The highest BCUT2D eigenvalue weighted by Crippen LogP contribution is 2.28. The van der Waals surface area contributed by atoms with Crippen LogP contribution in [0.1, 0.15) is 23.3 Å². The summed E-state index contributed by atoms with van der Waals surface area (Å²) >= 11 is 0. The average Bonchev–Trinajstić information content (AvgIpc) is 3.09. The SMILES string of the molecule is Cl.Cl.NCCC[C@H](N)CNC(=O)c1cc2cccc(-c3ccc(F)cc3)c2[nH]1. The number of H-pyrrole nitrogens is 1. The molecule has 1 atom stereocenters. The minimum Gasteiger partial charge on any atom is -0.350 e. The Morgan fingerprint density at radius 1 is 1.14 bits per heavy atom. The van der Waals surface area contributed by atoms with Gasteiger partial charge in [-0.3, -0.25) is 4.79 Å². The molecule has 1 aromatic heterocycles. The first-order valence-corrected chi connectivity index (χ1v) is 8.70. The number of nitrogens with two attached hydrogens (primary N) is 2. The van der Waals surface area contributed by atoms with E-state index in [1.54, 1.807) is 12.1 Å². The van der Waals surface area contributed by atoms with Crippen LogP contribution >= 0.6 is 24.8 Å². The number of aromatic amines is 1. The van der Waals surface area contributed by atoms with Crippen LogP contribution in [-0.2, 0) is 0 Å². The van der Waals surface area contributed by atoms with Gasteiger partial charge >= 0.3 is 0 Å². The molecule has 1 amide bonds. The van der Waals surface area contributed by atoms with Gasteiger partial charge in [0.15, 0.2) is 0 Å². The van der Waals surface area contributed by atoms with Crippen molar-refractivity contribution in [2.24, 2.45) is 11.5 Å². The number of carbonyl (C=O) groups excluding carboxylic acids is 1. The minimum absolute atomic E-state index is 0. The molecule has 0 saturated carbocycles. The van der Waals surface area contributed by atoms with Crippen molar-refractivity contribution in [3.8, 4) is 11.1 Å². The maximum Gasteiger partial charge on any atom is 0.267 e.